The van der Waals surface area contributed by atoms with Gasteiger partial charge in [-0.1, -0.05) is 13.0 Å². The van der Waals surface area contributed by atoms with Crippen molar-refractivity contribution in [1.82, 2.24) is 14.5 Å². The molecule has 122 valence electrons. The Morgan fingerprint density at radius 1 is 1.39 bits per heavy atom. The normalized spacial score (nSPS) is 10.5. The SMILES string of the molecule is CCc1nc(NCCc2ccccn2)c(=O)n(CC(=O)O)c1C. The van der Waals surface area contributed by atoms with Crippen LogP contribution < -0.4 is 10.9 Å². The zero-order valence-corrected chi connectivity index (χ0v) is 13.2. The maximum Gasteiger partial charge on any atom is 0.323 e. The molecular weight excluding hydrogens is 296 g/mol. The lowest BCUT2D eigenvalue weighted by atomic mass is 10.2. The van der Waals surface area contributed by atoms with E-state index in [1.165, 1.54) is 4.57 Å². The maximum atomic E-state index is 12.4. The number of hydrogen-bond donors (Lipinski definition) is 2. The first kappa shape index (κ1) is 16.7. The van der Waals surface area contributed by atoms with Crippen LogP contribution in [0.25, 0.3) is 0 Å². The van der Waals surface area contributed by atoms with Gasteiger partial charge < -0.3 is 10.4 Å². The Labute approximate surface area is 134 Å². The summed E-state index contributed by atoms with van der Waals surface area (Å²) in [4.78, 5) is 31.9. The molecule has 7 heteroatoms. The lowest BCUT2D eigenvalue weighted by molar-refractivity contribution is -0.137. The van der Waals surface area contributed by atoms with Gasteiger partial charge in [0.25, 0.3) is 5.56 Å². The molecule has 0 aliphatic carbocycles. The van der Waals surface area contributed by atoms with Crippen LogP contribution in [0.5, 0.6) is 0 Å². The molecule has 0 bridgehead atoms. The van der Waals surface area contributed by atoms with Gasteiger partial charge in [-0.25, -0.2) is 4.98 Å². The van der Waals surface area contributed by atoms with Crippen LogP contribution in [0.3, 0.4) is 0 Å². The summed E-state index contributed by atoms with van der Waals surface area (Å²) in [6, 6.07) is 5.66. The van der Waals surface area contributed by atoms with E-state index in [0.717, 1.165) is 5.69 Å². The number of rotatable bonds is 7. The molecule has 0 spiro atoms. The van der Waals surface area contributed by atoms with Crippen LogP contribution in [0.1, 0.15) is 24.0 Å². The molecular formula is C16H20N4O3. The van der Waals surface area contributed by atoms with Gasteiger partial charge in [0.2, 0.25) is 0 Å². The molecule has 0 radical (unpaired) electrons. The van der Waals surface area contributed by atoms with Crippen molar-refractivity contribution in [2.24, 2.45) is 0 Å². The van der Waals surface area contributed by atoms with Crippen molar-refractivity contribution in [2.75, 3.05) is 11.9 Å². The number of carboxylic acid groups (broad SMARTS) is 1. The summed E-state index contributed by atoms with van der Waals surface area (Å²) in [5, 5.41) is 12.0. The number of aliphatic carboxylic acids is 1. The highest BCUT2D eigenvalue weighted by Gasteiger charge is 2.14. The number of aromatic nitrogens is 3. The van der Waals surface area contributed by atoms with Crippen LogP contribution in [0.4, 0.5) is 5.82 Å². The monoisotopic (exact) mass is 316 g/mol. The number of carboxylic acids is 1. The predicted molar refractivity (Wildman–Crippen MR) is 86.7 cm³/mol. The molecule has 0 fully saturated rings. The Morgan fingerprint density at radius 2 is 2.17 bits per heavy atom. The Bertz CT molecular complexity index is 741. The van der Waals surface area contributed by atoms with E-state index in [1.807, 2.05) is 25.1 Å². The third-order valence-corrected chi connectivity index (χ3v) is 3.55. The molecule has 0 aliphatic heterocycles. The van der Waals surface area contributed by atoms with E-state index in [2.05, 4.69) is 15.3 Å². The lowest BCUT2D eigenvalue weighted by Crippen LogP contribution is -2.31. The number of nitrogens with one attached hydrogen (secondary N) is 1. The molecule has 2 aromatic heterocycles. The fourth-order valence-electron chi connectivity index (χ4n) is 2.33. The van der Waals surface area contributed by atoms with Gasteiger partial charge in [0.1, 0.15) is 6.54 Å². The maximum absolute atomic E-state index is 12.4. The number of aryl methyl sites for hydroxylation is 1. The fourth-order valence-corrected chi connectivity index (χ4v) is 2.33. The second-order valence-corrected chi connectivity index (χ2v) is 5.13. The average molecular weight is 316 g/mol. The Balaban J connectivity index is 2.20. The molecule has 0 atom stereocenters. The highest BCUT2D eigenvalue weighted by Crippen LogP contribution is 2.08. The van der Waals surface area contributed by atoms with Gasteiger partial charge in [-0.2, -0.15) is 0 Å². The summed E-state index contributed by atoms with van der Waals surface area (Å²) < 4.78 is 1.25. The molecule has 2 rings (SSSR count). The molecule has 2 aromatic rings. The minimum atomic E-state index is -1.05. The van der Waals surface area contributed by atoms with Gasteiger partial charge >= 0.3 is 5.97 Å². The quantitative estimate of drug-likeness (QED) is 0.798. The third-order valence-electron chi connectivity index (χ3n) is 3.55. The molecule has 23 heavy (non-hydrogen) atoms. The first-order valence-electron chi connectivity index (χ1n) is 7.48. The van der Waals surface area contributed by atoms with Crippen LogP contribution in [-0.2, 0) is 24.2 Å². The summed E-state index contributed by atoms with van der Waals surface area (Å²) in [6.07, 6.45) is 2.99. The van der Waals surface area contributed by atoms with E-state index < -0.39 is 11.5 Å². The molecule has 0 aromatic carbocycles. The number of carbonyl (C=O) groups is 1. The summed E-state index contributed by atoms with van der Waals surface area (Å²) >= 11 is 0. The largest absolute Gasteiger partial charge is 0.480 e. The van der Waals surface area contributed by atoms with Gasteiger partial charge in [0.15, 0.2) is 5.82 Å². The Morgan fingerprint density at radius 3 is 2.78 bits per heavy atom. The topological polar surface area (TPSA) is 97.1 Å². The molecule has 0 saturated heterocycles. The van der Waals surface area contributed by atoms with Crippen LogP contribution >= 0.6 is 0 Å². The lowest BCUT2D eigenvalue weighted by Gasteiger charge is -2.14. The van der Waals surface area contributed by atoms with Crippen LogP contribution in [0.2, 0.25) is 0 Å². The number of nitrogens with zero attached hydrogens (tertiary/aromatic N) is 3. The van der Waals surface area contributed by atoms with Gasteiger partial charge in [0, 0.05) is 30.6 Å². The van der Waals surface area contributed by atoms with E-state index in [-0.39, 0.29) is 12.4 Å². The van der Waals surface area contributed by atoms with Crippen molar-refractivity contribution in [2.45, 2.75) is 33.2 Å². The highest BCUT2D eigenvalue weighted by atomic mass is 16.4. The van der Waals surface area contributed by atoms with E-state index >= 15 is 0 Å². The zero-order valence-electron chi connectivity index (χ0n) is 13.2. The van der Waals surface area contributed by atoms with Crippen molar-refractivity contribution in [3.05, 3.63) is 51.8 Å². The van der Waals surface area contributed by atoms with Crippen molar-refractivity contribution >= 4 is 11.8 Å². The Hall–Kier alpha value is -2.70. The second-order valence-electron chi connectivity index (χ2n) is 5.13. The minimum absolute atomic E-state index is 0.185. The van der Waals surface area contributed by atoms with Gasteiger partial charge in [-0.3, -0.25) is 19.1 Å². The minimum Gasteiger partial charge on any atom is -0.480 e. The first-order chi connectivity index (χ1) is 11.0. The average Bonchev–Trinajstić information content (AvgIpc) is 2.54. The molecule has 2 N–H and O–H groups in total. The van der Waals surface area contributed by atoms with Crippen molar-refractivity contribution in [1.29, 1.82) is 0 Å². The number of anilines is 1. The standard InChI is InChI=1S/C16H20N4O3/c1-3-13-11(2)20(10-14(21)22)16(23)15(19-13)18-9-7-12-6-4-5-8-17-12/h4-6,8H,3,7,9-10H2,1-2H3,(H,18,19)(H,21,22). The van der Waals surface area contributed by atoms with Crippen molar-refractivity contribution in [3.8, 4) is 0 Å². The molecule has 0 aliphatic rings. The van der Waals surface area contributed by atoms with Crippen LogP contribution in [0.15, 0.2) is 29.2 Å². The third kappa shape index (κ3) is 4.15. The molecule has 0 amide bonds. The number of hydrogen-bond acceptors (Lipinski definition) is 5. The highest BCUT2D eigenvalue weighted by molar-refractivity contribution is 5.66. The van der Waals surface area contributed by atoms with E-state index in [1.54, 1.807) is 13.1 Å². The summed E-state index contributed by atoms with van der Waals surface area (Å²) in [7, 11) is 0. The molecule has 0 unspecified atom stereocenters. The predicted octanol–water partition coefficient (Wildman–Crippen LogP) is 1.25. The van der Waals surface area contributed by atoms with Crippen LogP contribution in [-0.4, -0.2) is 32.2 Å². The Kier molecular flexibility index (Phi) is 5.46. The van der Waals surface area contributed by atoms with Gasteiger partial charge in [-0.05, 0) is 25.5 Å². The summed E-state index contributed by atoms with van der Waals surface area (Å²) in [6.45, 7) is 3.77. The summed E-state index contributed by atoms with van der Waals surface area (Å²) in [5.74, 6) is -0.868. The molecule has 7 nitrogen and oxygen atoms in total. The first-order valence-corrected chi connectivity index (χ1v) is 7.48. The second kappa shape index (κ2) is 7.53. The fraction of sp³-hybridized carbons (Fsp3) is 0.375. The molecule has 2 heterocycles. The van der Waals surface area contributed by atoms with Gasteiger partial charge in [-0.15, -0.1) is 0 Å². The van der Waals surface area contributed by atoms with Crippen molar-refractivity contribution in [3.63, 3.8) is 0 Å². The number of pyridine rings is 1. The molecule has 0 saturated carbocycles. The van der Waals surface area contributed by atoms with E-state index in [9.17, 15) is 9.59 Å². The van der Waals surface area contributed by atoms with Crippen LogP contribution in [0, 0.1) is 6.92 Å². The van der Waals surface area contributed by atoms with Crippen molar-refractivity contribution < 1.29 is 9.90 Å². The summed E-state index contributed by atoms with van der Waals surface area (Å²) in [5.41, 5.74) is 1.80. The van der Waals surface area contributed by atoms with Gasteiger partial charge in [0.05, 0.1) is 5.69 Å². The van der Waals surface area contributed by atoms with E-state index in [0.29, 0.717) is 30.8 Å². The zero-order chi connectivity index (χ0) is 16.8. The van der Waals surface area contributed by atoms with E-state index in [4.69, 9.17) is 5.11 Å². The smallest absolute Gasteiger partial charge is 0.323 e.